The highest BCUT2D eigenvalue weighted by Gasteiger charge is 2.10. The summed E-state index contributed by atoms with van der Waals surface area (Å²) in [6.07, 6.45) is 0. The molecular weight excluding hydrogens is 426 g/mol. The Labute approximate surface area is 132 Å². The van der Waals surface area contributed by atoms with E-state index < -0.39 is 0 Å². The number of rotatable bonds is 4. The fourth-order valence-electron chi connectivity index (χ4n) is 1.67. The number of halogens is 3. The largest absolute Gasteiger partial charge is 0.452 e. The quantitative estimate of drug-likeness (QED) is 0.691. The van der Waals surface area contributed by atoms with Crippen molar-refractivity contribution in [3.63, 3.8) is 0 Å². The molecule has 0 aliphatic heterocycles. The lowest BCUT2D eigenvalue weighted by Crippen LogP contribution is -2.18. The minimum atomic E-state index is 0.253. The zero-order valence-electron chi connectivity index (χ0n) is 9.71. The lowest BCUT2D eigenvalue weighted by molar-refractivity contribution is 0.446. The van der Waals surface area contributed by atoms with Crippen molar-refractivity contribution in [1.82, 2.24) is 5.32 Å². The highest BCUT2D eigenvalue weighted by molar-refractivity contribution is 9.13. The van der Waals surface area contributed by atoms with E-state index in [1.54, 1.807) is 0 Å². The summed E-state index contributed by atoms with van der Waals surface area (Å²) in [7, 11) is 0. The van der Waals surface area contributed by atoms with Gasteiger partial charge in [-0.05, 0) is 56.5 Å². The van der Waals surface area contributed by atoms with Crippen LogP contribution in [0.5, 0.6) is 0 Å². The molecule has 5 heteroatoms. The van der Waals surface area contributed by atoms with Crippen LogP contribution in [0, 0.1) is 0 Å². The summed E-state index contributed by atoms with van der Waals surface area (Å²) >= 11 is 10.3. The third-order valence-electron chi connectivity index (χ3n) is 2.65. The van der Waals surface area contributed by atoms with Crippen molar-refractivity contribution < 1.29 is 4.42 Å². The van der Waals surface area contributed by atoms with Gasteiger partial charge in [-0.3, -0.25) is 0 Å². The topological polar surface area (TPSA) is 25.2 Å². The van der Waals surface area contributed by atoms with Crippen LogP contribution in [0.3, 0.4) is 0 Å². The van der Waals surface area contributed by atoms with Crippen LogP contribution >= 0.6 is 47.8 Å². The van der Waals surface area contributed by atoms with Gasteiger partial charge < -0.3 is 9.73 Å². The maximum atomic E-state index is 5.53. The molecule has 1 aromatic carbocycles. The van der Waals surface area contributed by atoms with Gasteiger partial charge in [-0.25, -0.2) is 0 Å². The average molecular weight is 438 g/mol. The van der Waals surface area contributed by atoms with Gasteiger partial charge in [-0.2, -0.15) is 0 Å². The van der Waals surface area contributed by atoms with Gasteiger partial charge in [0.25, 0.3) is 0 Å². The molecule has 2 nitrogen and oxygen atoms in total. The number of hydrogen-bond acceptors (Lipinski definition) is 2. The van der Waals surface area contributed by atoms with Gasteiger partial charge in [-0.1, -0.05) is 34.1 Å². The van der Waals surface area contributed by atoms with Crippen LogP contribution in [-0.4, -0.2) is 0 Å². The van der Waals surface area contributed by atoms with Gasteiger partial charge in [0, 0.05) is 10.5 Å². The molecule has 0 unspecified atom stereocenters. The van der Waals surface area contributed by atoms with Crippen LogP contribution in [-0.2, 0) is 6.54 Å². The van der Waals surface area contributed by atoms with Crippen LogP contribution in [0.4, 0.5) is 0 Å². The summed E-state index contributed by atoms with van der Waals surface area (Å²) in [5.41, 5.74) is 1.24. The summed E-state index contributed by atoms with van der Waals surface area (Å²) in [4.78, 5) is 0. The van der Waals surface area contributed by atoms with Gasteiger partial charge in [0.1, 0.15) is 5.76 Å². The van der Waals surface area contributed by atoms with Crippen LogP contribution in [0.2, 0.25) is 0 Å². The fraction of sp³-hybridized carbons (Fsp3) is 0.231. The van der Waals surface area contributed by atoms with Crippen LogP contribution in [0.15, 0.2) is 48.4 Å². The van der Waals surface area contributed by atoms with E-state index in [0.717, 1.165) is 19.4 Å². The number of nitrogens with one attached hydrogen (secondary N) is 1. The molecule has 0 aliphatic carbocycles. The van der Waals surface area contributed by atoms with Gasteiger partial charge in [0.05, 0.1) is 11.0 Å². The Kier molecular flexibility index (Phi) is 5.06. The van der Waals surface area contributed by atoms with Crippen LogP contribution < -0.4 is 5.32 Å². The zero-order valence-corrected chi connectivity index (χ0v) is 14.5. The third kappa shape index (κ3) is 3.47. The van der Waals surface area contributed by atoms with Crippen molar-refractivity contribution in [2.45, 2.75) is 19.5 Å². The Balaban J connectivity index is 2.00. The Morgan fingerprint density at radius 2 is 1.89 bits per heavy atom. The van der Waals surface area contributed by atoms with Crippen LogP contribution in [0.1, 0.15) is 24.3 Å². The molecule has 18 heavy (non-hydrogen) atoms. The molecule has 2 rings (SSSR count). The molecule has 1 N–H and O–H groups in total. The van der Waals surface area contributed by atoms with E-state index in [2.05, 4.69) is 66.1 Å². The van der Waals surface area contributed by atoms with E-state index in [4.69, 9.17) is 4.42 Å². The smallest absolute Gasteiger partial charge is 0.183 e. The van der Waals surface area contributed by atoms with Gasteiger partial charge >= 0.3 is 0 Å². The molecule has 0 spiro atoms. The normalized spacial score (nSPS) is 12.7. The molecule has 96 valence electrons. The monoisotopic (exact) mass is 435 g/mol. The SMILES string of the molecule is C[C@@H](NCc1cc(Br)c(Br)o1)c1ccccc1Br. The Hall–Kier alpha value is -0.100. The molecule has 2 aromatic rings. The lowest BCUT2D eigenvalue weighted by atomic mass is 10.1. The molecule has 1 aromatic heterocycles. The standard InChI is InChI=1S/C13H12Br3NO/c1-8(10-4-2-3-5-11(10)14)17-7-9-6-12(15)13(16)18-9/h2-6,8,17H,7H2,1H3/t8-/m1/s1. The number of benzene rings is 1. The maximum absolute atomic E-state index is 5.53. The molecule has 0 saturated heterocycles. The zero-order chi connectivity index (χ0) is 13.1. The summed E-state index contributed by atoms with van der Waals surface area (Å²) < 4.78 is 8.31. The molecule has 1 heterocycles. The van der Waals surface area contributed by atoms with Crippen molar-refractivity contribution in [2.75, 3.05) is 0 Å². The van der Waals surface area contributed by atoms with Crippen LogP contribution in [0.25, 0.3) is 0 Å². The molecule has 0 bridgehead atoms. The highest BCUT2D eigenvalue weighted by Crippen LogP contribution is 2.27. The van der Waals surface area contributed by atoms with Crippen molar-refractivity contribution in [1.29, 1.82) is 0 Å². The predicted molar refractivity (Wildman–Crippen MR) is 83.5 cm³/mol. The van der Waals surface area contributed by atoms with E-state index in [9.17, 15) is 0 Å². The second-order valence-corrected chi connectivity index (χ2v) is 6.39. The maximum Gasteiger partial charge on any atom is 0.183 e. The molecular formula is C13H12Br3NO. The highest BCUT2D eigenvalue weighted by atomic mass is 79.9. The molecule has 0 fully saturated rings. The van der Waals surface area contributed by atoms with Gasteiger partial charge in [0.15, 0.2) is 4.67 Å². The van der Waals surface area contributed by atoms with Crippen molar-refractivity contribution in [3.8, 4) is 0 Å². The number of hydrogen-bond donors (Lipinski definition) is 1. The number of furan rings is 1. The predicted octanol–water partition coefficient (Wildman–Crippen LogP) is 5.42. The first-order valence-electron chi connectivity index (χ1n) is 5.49. The minimum Gasteiger partial charge on any atom is -0.452 e. The first-order chi connectivity index (χ1) is 8.58. The summed E-state index contributed by atoms with van der Waals surface area (Å²) in [5.74, 6) is 0.896. The second kappa shape index (κ2) is 6.37. The lowest BCUT2D eigenvalue weighted by Gasteiger charge is -2.14. The van der Waals surface area contributed by atoms with Gasteiger partial charge in [-0.15, -0.1) is 0 Å². The molecule has 0 aliphatic rings. The van der Waals surface area contributed by atoms with E-state index in [-0.39, 0.29) is 6.04 Å². The van der Waals surface area contributed by atoms with Crippen molar-refractivity contribution in [2.24, 2.45) is 0 Å². The Morgan fingerprint density at radius 3 is 2.50 bits per heavy atom. The van der Waals surface area contributed by atoms with E-state index >= 15 is 0 Å². The average Bonchev–Trinajstić information content (AvgIpc) is 2.66. The molecule has 1 atom stereocenters. The third-order valence-corrected chi connectivity index (χ3v) is 5.08. The second-order valence-electron chi connectivity index (χ2n) is 3.96. The summed E-state index contributed by atoms with van der Waals surface area (Å²) in [6, 6.07) is 10.4. The summed E-state index contributed by atoms with van der Waals surface area (Å²) in [6.45, 7) is 2.82. The van der Waals surface area contributed by atoms with E-state index in [0.29, 0.717) is 6.54 Å². The Morgan fingerprint density at radius 1 is 1.17 bits per heavy atom. The Bertz CT molecular complexity index is 519. The molecule has 0 saturated carbocycles. The first kappa shape index (κ1) is 14.3. The summed E-state index contributed by atoms with van der Waals surface area (Å²) in [5, 5.41) is 3.43. The molecule has 0 radical (unpaired) electrons. The molecule has 0 amide bonds. The van der Waals surface area contributed by atoms with E-state index in [1.807, 2.05) is 24.3 Å². The van der Waals surface area contributed by atoms with Gasteiger partial charge in [0.2, 0.25) is 0 Å². The van der Waals surface area contributed by atoms with Crippen molar-refractivity contribution >= 4 is 47.8 Å². The first-order valence-corrected chi connectivity index (χ1v) is 7.87. The van der Waals surface area contributed by atoms with Crippen molar-refractivity contribution in [3.05, 3.63) is 55.3 Å². The fourth-order valence-corrected chi connectivity index (χ4v) is 2.96. The minimum absolute atomic E-state index is 0.253. The van der Waals surface area contributed by atoms with E-state index in [1.165, 1.54) is 5.56 Å².